The first-order chi connectivity index (χ1) is 8.99. The Balaban J connectivity index is 2.00. The van der Waals surface area contributed by atoms with Gasteiger partial charge in [-0.2, -0.15) is 0 Å². The molecule has 19 heavy (non-hydrogen) atoms. The third kappa shape index (κ3) is 2.00. The third-order valence-corrected chi connectivity index (χ3v) is 3.55. The fourth-order valence-electron chi connectivity index (χ4n) is 2.07. The van der Waals surface area contributed by atoms with Crippen LogP contribution in [-0.2, 0) is 5.54 Å². The predicted molar refractivity (Wildman–Crippen MR) is 70.5 cm³/mol. The van der Waals surface area contributed by atoms with Crippen LogP contribution < -0.4 is 5.73 Å². The largest absolute Gasteiger partial charge is 0.340 e. The highest BCUT2D eigenvalue weighted by Gasteiger charge is 2.42. The molecule has 0 spiro atoms. The van der Waals surface area contributed by atoms with Crippen molar-refractivity contribution in [3.8, 4) is 11.3 Å². The number of aromatic nitrogens is 2. The minimum Gasteiger partial charge on any atom is -0.340 e. The summed E-state index contributed by atoms with van der Waals surface area (Å²) < 4.78 is 0. The van der Waals surface area contributed by atoms with Gasteiger partial charge in [-0.3, -0.25) is 10.1 Å². The third-order valence-electron chi connectivity index (χ3n) is 3.55. The van der Waals surface area contributed by atoms with E-state index >= 15 is 0 Å². The second-order valence-corrected chi connectivity index (χ2v) is 5.06. The van der Waals surface area contributed by atoms with Crippen LogP contribution in [0.15, 0.2) is 24.4 Å². The number of hydrogen-bond donors (Lipinski definition) is 2. The van der Waals surface area contributed by atoms with E-state index in [1.165, 1.54) is 0 Å². The van der Waals surface area contributed by atoms with Gasteiger partial charge in [0.2, 0.25) is 0 Å². The first kappa shape index (κ1) is 11.9. The van der Waals surface area contributed by atoms with Crippen molar-refractivity contribution < 1.29 is 4.92 Å². The van der Waals surface area contributed by atoms with E-state index in [0.29, 0.717) is 5.56 Å². The van der Waals surface area contributed by atoms with Crippen molar-refractivity contribution in [2.24, 2.45) is 5.73 Å². The first-order valence-electron chi connectivity index (χ1n) is 6.09. The quantitative estimate of drug-likeness (QED) is 0.651. The Hall–Kier alpha value is -2.21. The van der Waals surface area contributed by atoms with Crippen molar-refractivity contribution in [1.29, 1.82) is 0 Å². The van der Waals surface area contributed by atoms with Crippen molar-refractivity contribution in [1.82, 2.24) is 9.97 Å². The van der Waals surface area contributed by atoms with Crippen LogP contribution >= 0.6 is 0 Å². The van der Waals surface area contributed by atoms with Gasteiger partial charge in [-0.1, -0.05) is 12.1 Å². The highest BCUT2D eigenvalue weighted by atomic mass is 16.6. The molecule has 0 amide bonds. The number of aryl methyl sites for hydroxylation is 1. The Morgan fingerprint density at radius 1 is 1.47 bits per heavy atom. The Morgan fingerprint density at radius 3 is 2.84 bits per heavy atom. The van der Waals surface area contributed by atoms with Crippen LogP contribution in [-0.4, -0.2) is 14.9 Å². The van der Waals surface area contributed by atoms with Gasteiger partial charge in [-0.15, -0.1) is 0 Å². The molecule has 0 saturated heterocycles. The number of nitrogens with one attached hydrogen (secondary N) is 1. The fourth-order valence-corrected chi connectivity index (χ4v) is 2.07. The summed E-state index contributed by atoms with van der Waals surface area (Å²) >= 11 is 0. The zero-order valence-electron chi connectivity index (χ0n) is 10.5. The van der Waals surface area contributed by atoms with Gasteiger partial charge in [-0.05, 0) is 19.8 Å². The average Bonchev–Trinajstić information content (AvgIpc) is 2.93. The number of H-pyrrole nitrogens is 1. The minimum absolute atomic E-state index is 0.113. The number of nitro benzene ring substituents is 1. The van der Waals surface area contributed by atoms with Crippen LogP contribution in [0.25, 0.3) is 11.3 Å². The Labute approximate surface area is 109 Å². The molecule has 1 aliphatic rings. The first-order valence-corrected chi connectivity index (χ1v) is 6.09. The van der Waals surface area contributed by atoms with Gasteiger partial charge in [0.25, 0.3) is 5.69 Å². The molecule has 1 fully saturated rings. The molecule has 3 rings (SSSR count). The minimum atomic E-state index is -0.374. The van der Waals surface area contributed by atoms with Gasteiger partial charge in [0.1, 0.15) is 5.82 Å². The average molecular weight is 258 g/mol. The SMILES string of the molecule is Cc1ccc(-c2cnc(C3(N)CC3)[nH]2)cc1[N+](=O)[O-]. The van der Waals surface area contributed by atoms with E-state index in [-0.39, 0.29) is 16.1 Å². The maximum Gasteiger partial charge on any atom is 0.272 e. The number of imidazole rings is 1. The second-order valence-electron chi connectivity index (χ2n) is 5.06. The standard InChI is InChI=1S/C13H14N4O2/c1-8-2-3-9(6-11(8)17(18)19)10-7-15-12(16-10)13(14)4-5-13/h2-3,6-7H,4-5,14H2,1H3,(H,15,16). The van der Waals surface area contributed by atoms with Gasteiger partial charge >= 0.3 is 0 Å². The summed E-state index contributed by atoms with van der Waals surface area (Å²) in [4.78, 5) is 18.0. The lowest BCUT2D eigenvalue weighted by Gasteiger charge is -2.03. The number of rotatable bonds is 3. The molecular formula is C13H14N4O2. The summed E-state index contributed by atoms with van der Waals surface area (Å²) in [7, 11) is 0. The van der Waals surface area contributed by atoms with Crippen LogP contribution in [0.5, 0.6) is 0 Å². The molecule has 1 heterocycles. The number of aromatic amines is 1. The summed E-state index contributed by atoms with van der Waals surface area (Å²) in [5.74, 6) is 0.755. The predicted octanol–water partition coefficient (Wildman–Crippen LogP) is 2.24. The molecule has 1 saturated carbocycles. The number of benzene rings is 1. The molecule has 0 radical (unpaired) electrons. The molecule has 1 aliphatic carbocycles. The van der Waals surface area contributed by atoms with Crippen LogP contribution in [0, 0.1) is 17.0 Å². The van der Waals surface area contributed by atoms with E-state index in [2.05, 4.69) is 9.97 Å². The fraction of sp³-hybridized carbons (Fsp3) is 0.308. The second kappa shape index (κ2) is 3.89. The highest BCUT2D eigenvalue weighted by Crippen LogP contribution is 2.41. The van der Waals surface area contributed by atoms with Crippen molar-refractivity contribution in [3.63, 3.8) is 0 Å². The number of nitro groups is 1. The lowest BCUT2D eigenvalue weighted by atomic mass is 10.1. The summed E-state index contributed by atoms with van der Waals surface area (Å²) in [5.41, 5.74) is 8.00. The zero-order valence-corrected chi connectivity index (χ0v) is 10.5. The molecule has 6 heteroatoms. The van der Waals surface area contributed by atoms with Crippen molar-refractivity contribution >= 4 is 5.69 Å². The molecule has 0 unspecified atom stereocenters. The normalized spacial score (nSPS) is 16.3. The van der Waals surface area contributed by atoms with Gasteiger partial charge < -0.3 is 10.7 Å². The van der Waals surface area contributed by atoms with Gasteiger partial charge in [0, 0.05) is 17.2 Å². The van der Waals surface area contributed by atoms with E-state index in [4.69, 9.17) is 5.73 Å². The van der Waals surface area contributed by atoms with Crippen LogP contribution in [0.1, 0.15) is 24.2 Å². The van der Waals surface area contributed by atoms with E-state index < -0.39 is 0 Å². The summed E-state index contributed by atoms with van der Waals surface area (Å²) in [6, 6.07) is 5.14. The van der Waals surface area contributed by atoms with Crippen LogP contribution in [0.3, 0.4) is 0 Å². The van der Waals surface area contributed by atoms with Gasteiger partial charge in [0.05, 0.1) is 22.4 Å². The summed E-state index contributed by atoms with van der Waals surface area (Å²) in [6.07, 6.45) is 3.53. The Morgan fingerprint density at radius 2 is 2.21 bits per heavy atom. The lowest BCUT2D eigenvalue weighted by molar-refractivity contribution is -0.385. The molecule has 2 aromatic rings. The number of nitrogens with zero attached hydrogens (tertiary/aromatic N) is 2. The van der Waals surface area contributed by atoms with E-state index in [0.717, 1.165) is 29.9 Å². The molecule has 1 aromatic carbocycles. The van der Waals surface area contributed by atoms with Crippen molar-refractivity contribution in [2.75, 3.05) is 0 Å². The molecular weight excluding hydrogens is 244 g/mol. The maximum atomic E-state index is 10.9. The Bertz CT molecular complexity index is 658. The Kier molecular flexibility index (Phi) is 2.43. The van der Waals surface area contributed by atoms with E-state index in [9.17, 15) is 10.1 Å². The van der Waals surface area contributed by atoms with E-state index in [1.807, 2.05) is 6.07 Å². The van der Waals surface area contributed by atoms with Crippen LogP contribution in [0.4, 0.5) is 5.69 Å². The maximum absolute atomic E-state index is 10.9. The molecule has 1 aromatic heterocycles. The van der Waals surface area contributed by atoms with Gasteiger partial charge in [-0.25, -0.2) is 4.98 Å². The van der Waals surface area contributed by atoms with Crippen LogP contribution in [0.2, 0.25) is 0 Å². The van der Waals surface area contributed by atoms with Crippen molar-refractivity contribution in [2.45, 2.75) is 25.3 Å². The number of hydrogen-bond acceptors (Lipinski definition) is 4. The number of nitrogens with two attached hydrogens (primary N) is 1. The zero-order chi connectivity index (χ0) is 13.6. The lowest BCUT2D eigenvalue weighted by Crippen LogP contribution is -2.20. The molecule has 98 valence electrons. The highest BCUT2D eigenvalue weighted by molar-refractivity contribution is 5.64. The van der Waals surface area contributed by atoms with E-state index in [1.54, 1.807) is 25.3 Å². The smallest absolute Gasteiger partial charge is 0.272 e. The molecule has 0 bridgehead atoms. The molecule has 6 nitrogen and oxygen atoms in total. The topological polar surface area (TPSA) is 97.8 Å². The van der Waals surface area contributed by atoms with Crippen molar-refractivity contribution in [3.05, 3.63) is 45.9 Å². The monoisotopic (exact) mass is 258 g/mol. The summed E-state index contributed by atoms with van der Waals surface area (Å²) in [5, 5.41) is 10.9. The molecule has 3 N–H and O–H groups in total. The van der Waals surface area contributed by atoms with Gasteiger partial charge in [0.15, 0.2) is 0 Å². The molecule has 0 atom stereocenters. The molecule has 0 aliphatic heterocycles. The summed E-state index contributed by atoms with van der Waals surface area (Å²) in [6.45, 7) is 1.72.